The minimum atomic E-state index is 0.946. The molecule has 0 saturated carbocycles. The van der Waals surface area contributed by atoms with Gasteiger partial charge in [-0.1, -0.05) is 127 Å². The zero-order valence-electron chi connectivity index (χ0n) is 27.7. The van der Waals surface area contributed by atoms with E-state index < -0.39 is 0 Å². The van der Waals surface area contributed by atoms with E-state index in [1.807, 2.05) is 60.9 Å². The van der Waals surface area contributed by atoms with Gasteiger partial charge in [0.25, 0.3) is 0 Å². The van der Waals surface area contributed by atoms with Gasteiger partial charge in [0.2, 0.25) is 0 Å². The molecule has 9 aromatic rings. The highest BCUT2D eigenvalue weighted by atomic mass is 15.1. The number of nitrogens with one attached hydrogen (secondary N) is 1. The summed E-state index contributed by atoms with van der Waals surface area (Å²) >= 11 is 0. The second-order valence-corrected chi connectivity index (χ2v) is 12.6. The Morgan fingerprint density at radius 2 is 0.745 bits per heavy atom. The van der Waals surface area contributed by atoms with Crippen LogP contribution in [0.1, 0.15) is 0 Å². The SMILES string of the molecule is c1ccc(-c2ccc(-c3ccccc3-c3cc(-c4ccccc4-c4ccc(-c5ccccn5)cc4)cc(-c4[nH]nc5ccccc45)c3)cc2)nc1. The highest BCUT2D eigenvalue weighted by Crippen LogP contribution is 2.41. The number of H-pyrrole nitrogens is 1. The van der Waals surface area contributed by atoms with Crippen LogP contribution in [0.3, 0.4) is 0 Å². The van der Waals surface area contributed by atoms with Crippen molar-refractivity contribution in [3.05, 3.63) is 188 Å². The van der Waals surface area contributed by atoms with Crippen LogP contribution in [0.2, 0.25) is 0 Å². The normalized spacial score (nSPS) is 11.1. The van der Waals surface area contributed by atoms with Gasteiger partial charge in [-0.05, 0) is 93.0 Å². The van der Waals surface area contributed by atoms with Gasteiger partial charge in [-0.15, -0.1) is 0 Å². The van der Waals surface area contributed by atoms with Gasteiger partial charge in [0.1, 0.15) is 0 Å². The third-order valence-corrected chi connectivity index (χ3v) is 9.47. The Labute approximate surface area is 296 Å². The molecule has 0 aliphatic rings. The highest BCUT2D eigenvalue weighted by Gasteiger charge is 2.16. The number of aromatic nitrogens is 4. The van der Waals surface area contributed by atoms with Gasteiger partial charge in [-0.2, -0.15) is 5.10 Å². The molecular formula is C47H32N4. The summed E-state index contributed by atoms with van der Waals surface area (Å²) in [5, 5.41) is 9.12. The number of benzene rings is 6. The topological polar surface area (TPSA) is 54.5 Å². The first-order chi connectivity index (χ1) is 25.3. The Morgan fingerprint density at radius 1 is 0.333 bits per heavy atom. The molecule has 0 aliphatic heterocycles. The summed E-state index contributed by atoms with van der Waals surface area (Å²) in [6.45, 7) is 0. The number of hydrogen-bond donors (Lipinski definition) is 1. The lowest BCUT2D eigenvalue weighted by atomic mass is 9.88. The van der Waals surface area contributed by atoms with Crippen molar-refractivity contribution < 1.29 is 0 Å². The summed E-state index contributed by atoms with van der Waals surface area (Å²) in [6, 6.07) is 61.9. The minimum absolute atomic E-state index is 0.946. The molecule has 0 unspecified atom stereocenters. The van der Waals surface area contributed by atoms with Crippen LogP contribution in [0.5, 0.6) is 0 Å². The van der Waals surface area contributed by atoms with Crippen LogP contribution in [0, 0.1) is 0 Å². The molecular weight excluding hydrogens is 621 g/mol. The molecule has 0 amide bonds. The van der Waals surface area contributed by atoms with Gasteiger partial charge < -0.3 is 0 Å². The first-order valence-corrected chi connectivity index (χ1v) is 17.1. The van der Waals surface area contributed by atoms with Gasteiger partial charge in [0.05, 0.1) is 22.6 Å². The lowest BCUT2D eigenvalue weighted by Crippen LogP contribution is -1.91. The second-order valence-electron chi connectivity index (χ2n) is 12.6. The van der Waals surface area contributed by atoms with Gasteiger partial charge in [0, 0.05) is 34.5 Å². The predicted octanol–water partition coefficient (Wildman–Crippen LogP) is 12.0. The molecule has 0 spiro atoms. The van der Waals surface area contributed by atoms with Crippen molar-refractivity contribution in [1.29, 1.82) is 0 Å². The van der Waals surface area contributed by atoms with E-state index in [0.717, 1.165) is 78.1 Å². The Hall–Kier alpha value is -6.91. The van der Waals surface area contributed by atoms with Crippen molar-refractivity contribution >= 4 is 10.9 Å². The van der Waals surface area contributed by atoms with Crippen LogP contribution in [0.15, 0.2) is 188 Å². The molecule has 4 nitrogen and oxygen atoms in total. The molecule has 0 saturated heterocycles. The van der Waals surface area contributed by atoms with E-state index in [9.17, 15) is 0 Å². The van der Waals surface area contributed by atoms with E-state index in [-0.39, 0.29) is 0 Å². The molecule has 0 bridgehead atoms. The lowest BCUT2D eigenvalue weighted by molar-refractivity contribution is 1.12. The number of nitrogens with zero attached hydrogens (tertiary/aromatic N) is 3. The Kier molecular flexibility index (Phi) is 7.80. The van der Waals surface area contributed by atoms with Crippen molar-refractivity contribution in [3.8, 4) is 78.3 Å². The largest absolute Gasteiger partial charge is 0.277 e. The van der Waals surface area contributed by atoms with Crippen molar-refractivity contribution in [2.24, 2.45) is 0 Å². The number of aromatic amines is 1. The standard InChI is InChI=1S/C47H32N4/c1-3-13-41(39(11-1)32-19-23-34(24-20-32)44-16-7-9-27-48-44)36-29-37(31-38(30-36)47-43-15-5-6-18-46(43)50-51-47)42-14-4-2-12-40(42)33-21-25-35(26-22-33)45-17-8-10-28-49-45/h1-31H,(H,50,51). The molecule has 240 valence electrons. The number of hydrogen-bond acceptors (Lipinski definition) is 3. The van der Waals surface area contributed by atoms with Gasteiger partial charge in [-0.25, -0.2) is 0 Å². The summed E-state index contributed by atoms with van der Waals surface area (Å²) in [5.74, 6) is 0. The maximum Gasteiger partial charge on any atom is 0.0927 e. The Morgan fingerprint density at radius 3 is 1.24 bits per heavy atom. The van der Waals surface area contributed by atoms with Gasteiger partial charge in [-0.3, -0.25) is 15.1 Å². The number of fused-ring (bicyclic) bond motifs is 1. The number of pyridine rings is 2. The molecule has 1 N–H and O–H groups in total. The van der Waals surface area contributed by atoms with Crippen molar-refractivity contribution in [1.82, 2.24) is 20.2 Å². The van der Waals surface area contributed by atoms with Crippen molar-refractivity contribution in [3.63, 3.8) is 0 Å². The van der Waals surface area contributed by atoms with Crippen LogP contribution in [-0.4, -0.2) is 20.2 Å². The molecule has 4 heteroatoms. The average molecular weight is 653 g/mol. The maximum atomic E-state index is 4.66. The van der Waals surface area contributed by atoms with E-state index in [4.69, 9.17) is 0 Å². The van der Waals surface area contributed by atoms with Crippen LogP contribution >= 0.6 is 0 Å². The first kappa shape index (κ1) is 30.2. The third-order valence-electron chi connectivity index (χ3n) is 9.47. The van der Waals surface area contributed by atoms with Gasteiger partial charge >= 0.3 is 0 Å². The third kappa shape index (κ3) is 5.90. The second kappa shape index (κ2) is 13.2. The molecule has 6 aromatic carbocycles. The molecule has 0 aliphatic carbocycles. The molecule has 0 radical (unpaired) electrons. The summed E-state index contributed by atoms with van der Waals surface area (Å²) in [5.41, 5.74) is 16.4. The predicted molar refractivity (Wildman–Crippen MR) is 210 cm³/mol. The lowest BCUT2D eigenvalue weighted by Gasteiger charge is -2.16. The molecule has 3 aromatic heterocycles. The quantitative estimate of drug-likeness (QED) is 0.186. The molecule has 3 heterocycles. The Balaban J connectivity index is 1.19. The summed E-state index contributed by atoms with van der Waals surface area (Å²) in [7, 11) is 0. The fraction of sp³-hybridized carbons (Fsp3) is 0. The van der Waals surface area contributed by atoms with Crippen LogP contribution < -0.4 is 0 Å². The maximum absolute atomic E-state index is 4.66. The molecule has 9 rings (SSSR count). The monoisotopic (exact) mass is 652 g/mol. The molecule has 51 heavy (non-hydrogen) atoms. The molecule has 0 atom stereocenters. The fourth-order valence-electron chi connectivity index (χ4n) is 6.94. The smallest absolute Gasteiger partial charge is 0.0927 e. The van der Waals surface area contributed by atoms with Crippen molar-refractivity contribution in [2.45, 2.75) is 0 Å². The van der Waals surface area contributed by atoms with E-state index in [1.165, 1.54) is 11.1 Å². The van der Waals surface area contributed by atoms with Crippen molar-refractivity contribution in [2.75, 3.05) is 0 Å². The number of para-hydroxylation sites is 1. The zero-order valence-corrected chi connectivity index (χ0v) is 27.7. The van der Waals surface area contributed by atoms with Crippen LogP contribution in [-0.2, 0) is 0 Å². The fourth-order valence-corrected chi connectivity index (χ4v) is 6.94. The summed E-state index contributed by atoms with van der Waals surface area (Å²) in [4.78, 5) is 9.09. The van der Waals surface area contributed by atoms with E-state index in [2.05, 4.69) is 148 Å². The average Bonchev–Trinajstić information content (AvgIpc) is 3.66. The van der Waals surface area contributed by atoms with Crippen LogP contribution in [0.25, 0.3) is 89.2 Å². The zero-order chi connectivity index (χ0) is 34.0. The van der Waals surface area contributed by atoms with Crippen LogP contribution in [0.4, 0.5) is 0 Å². The van der Waals surface area contributed by atoms with E-state index in [1.54, 1.807) is 0 Å². The molecule has 0 fully saturated rings. The first-order valence-electron chi connectivity index (χ1n) is 17.1. The summed E-state index contributed by atoms with van der Waals surface area (Å²) < 4.78 is 0. The Bertz CT molecular complexity index is 2460. The minimum Gasteiger partial charge on any atom is -0.277 e. The van der Waals surface area contributed by atoms with E-state index >= 15 is 0 Å². The number of rotatable bonds is 7. The van der Waals surface area contributed by atoms with Gasteiger partial charge in [0.15, 0.2) is 0 Å². The highest BCUT2D eigenvalue weighted by molar-refractivity contribution is 5.97. The van der Waals surface area contributed by atoms with E-state index in [0.29, 0.717) is 0 Å². The summed E-state index contributed by atoms with van der Waals surface area (Å²) in [6.07, 6.45) is 3.67.